The molecule has 0 aliphatic rings. The smallest absolute Gasteiger partial charge is 0.420 e. The molecule has 4 rings (SSSR count). The van der Waals surface area contributed by atoms with E-state index in [-0.39, 0.29) is 22.0 Å². The molecule has 132 valence electrons. The molecule has 0 atom stereocenters. The lowest BCUT2D eigenvalue weighted by atomic mass is 10.1. The van der Waals surface area contributed by atoms with E-state index in [0.717, 1.165) is 21.9 Å². The van der Waals surface area contributed by atoms with E-state index in [0.29, 0.717) is 17.0 Å². The van der Waals surface area contributed by atoms with Crippen LogP contribution in [0.1, 0.15) is 21.3 Å². The first-order chi connectivity index (χ1) is 12.3. The molecule has 0 saturated carbocycles. The van der Waals surface area contributed by atoms with E-state index in [1.165, 1.54) is 0 Å². The van der Waals surface area contributed by atoms with Gasteiger partial charge in [0.2, 0.25) is 11.7 Å². The SMILES string of the molecule is Cc1nnc(-c2csc(C(=O)c3cn(P(=O)(O)O)c4ccccc34)n2)o1. The van der Waals surface area contributed by atoms with Crippen molar-refractivity contribution in [2.24, 2.45) is 0 Å². The zero-order valence-electron chi connectivity index (χ0n) is 13.2. The number of thiazole rings is 1. The Balaban J connectivity index is 1.80. The van der Waals surface area contributed by atoms with Gasteiger partial charge < -0.3 is 14.2 Å². The largest absolute Gasteiger partial charge is 0.434 e. The van der Waals surface area contributed by atoms with Crippen LogP contribution >= 0.6 is 19.1 Å². The molecule has 3 aromatic heterocycles. The summed E-state index contributed by atoms with van der Waals surface area (Å²) in [6, 6.07) is 6.50. The highest BCUT2D eigenvalue weighted by molar-refractivity contribution is 7.50. The summed E-state index contributed by atoms with van der Waals surface area (Å²) in [6.45, 7) is 1.64. The summed E-state index contributed by atoms with van der Waals surface area (Å²) in [6.07, 6.45) is 1.16. The van der Waals surface area contributed by atoms with Crippen LogP contribution in [0.2, 0.25) is 0 Å². The third-order valence-electron chi connectivity index (χ3n) is 3.66. The Bertz CT molecular complexity index is 1190. The molecule has 26 heavy (non-hydrogen) atoms. The Morgan fingerprint density at radius 2 is 2.04 bits per heavy atom. The van der Waals surface area contributed by atoms with Crippen molar-refractivity contribution in [3.05, 3.63) is 52.3 Å². The molecule has 0 radical (unpaired) electrons. The zero-order chi connectivity index (χ0) is 18.5. The van der Waals surface area contributed by atoms with E-state index >= 15 is 0 Å². The summed E-state index contributed by atoms with van der Waals surface area (Å²) in [5, 5.41) is 9.78. The molecule has 0 fully saturated rings. The van der Waals surface area contributed by atoms with Crippen LogP contribution in [-0.4, -0.2) is 35.1 Å². The highest BCUT2D eigenvalue weighted by atomic mass is 32.1. The highest BCUT2D eigenvalue weighted by Gasteiger charge is 2.26. The van der Waals surface area contributed by atoms with Crippen LogP contribution < -0.4 is 0 Å². The molecule has 0 bridgehead atoms. The average Bonchev–Trinajstić information content (AvgIpc) is 3.31. The van der Waals surface area contributed by atoms with Crippen molar-refractivity contribution < 1.29 is 23.6 Å². The minimum absolute atomic E-state index is 0.157. The number of hydrogen-bond donors (Lipinski definition) is 2. The van der Waals surface area contributed by atoms with Crippen molar-refractivity contribution >= 4 is 35.8 Å². The monoisotopic (exact) mass is 390 g/mol. The summed E-state index contributed by atoms with van der Waals surface area (Å²) in [4.78, 5) is 36.1. The van der Waals surface area contributed by atoms with Gasteiger partial charge in [0.25, 0.3) is 5.89 Å². The first-order valence-electron chi connectivity index (χ1n) is 7.32. The predicted molar refractivity (Wildman–Crippen MR) is 93.0 cm³/mol. The molecule has 2 N–H and O–H groups in total. The van der Waals surface area contributed by atoms with Crippen LogP contribution in [0.15, 0.2) is 40.3 Å². The first kappa shape index (κ1) is 16.8. The van der Waals surface area contributed by atoms with Crippen LogP contribution in [-0.2, 0) is 4.57 Å². The maximum Gasteiger partial charge on any atom is 0.434 e. The topological polar surface area (TPSA) is 131 Å². The van der Waals surface area contributed by atoms with E-state index in [9.17, 15) is 19.1 Å². The fourth-order valence-electron chi connectivity index (χ4n) is 2.55. The third kappa shape index (κ3) is 2.78. The maximum atomic E-state index is 12.9. The molecule has 0 unspecified atom stereocenters. The van der Waals surface area contributed by atoms with E-state index in [4.69, 9.17) is 4.42 Å². The van der Waals surface area contributed by atoms with Crippen molar-refractivity contribution in [1.82, 2.24) is 19.5 Å². The van der Waals surface area contributed by atoms with Gasteiger partial charge in [0.15, 0.2) is 5.01 Å². The van der Waals surface area contributed by atoms with Crippen LogP contribution in [0.25, 0.3) is 22.5 Å². The number of hydrogen-bond acceptors (Lipinski definition) is 7. The Kier molecular flexibility index (Phi) is 3.85. The standard InChI is InChI=1S/C15H11N4O5PS/c1-8-17-18-14(24-8)11-7-26-15(16-11)13(20)10-6-19(25(21,22)23)12-5-3-2-4-9(10)12/h2-7H,1H3,(H2,21,22,23). The van der Waals surface area contributed by atoms with Gasteiger partial charge >= 0.3 is 7.75 Å². The molecule has 0 aliphatic heterocycles. The van der Waals surface area contributed by atoms with Crippen molar-refractivity contribution in [1.29, 1.82) is 0 Å². The van der Waals surface area contributed by atoms with Gasteiger partial charge in [-0.05, 0) is 6.07 Å². The number of rotatable bonds is 4. The van der Waals surface area contributed by atoms with Crippen molar-refractivity contribution in [3.8, 4) is 11.6 Å². The van der Waals surface area contributed by atoms with Crippen LogP contribution in [0.3, 0.4) is 0 Å². The van der Waals surface area contributed by atoms with Gasteiger partial charge in [-0.2, -0.15) is 0 Å². The van der Waals surface area contributed by atoms with E-state index in [2.05, 4.69) is 15.2 Å². The van der Waals surface area contributed by atoms with Crippen molar-refractivity contribution in [3.63, 3.8) is 0 Å². The maximum absolute atomic E-state index is 12.9. The number of aromatic nitrogens is 4. The zero-order valence-corrected chi connectivity index (χ0v) is 14.9. The number of aryl methyl sites for hydroxylation is 1. The number of para-hydroxylation sites is 1. The fourth-order valence-corrected chi connectivity index (χ4v) is 4.02. The number of benzene rings is 1. The molecule has 4 aromatic rings. The third-order valence-corrected chi connectivity index (χ3v) is 5.39. The number of ketones is 1. The van der Waals surface area contributed by atoms with Crippen LogP contribution in [0.5, 0.6) is 0 Å². The van der Waals surface area contributed by atoms with Crippen LogP contribution in [0, 0.1) is 6.92 Å². The number of nitrogens with zero attached hydrogens (tertiary/aromatic N) is 4. The molecular weight excluding hydrogens is 379 g/mol. The number of carbonyl (C=O) groups is 1. The summed E-state index contributed by atoms with van der Waals surface area (Å²) < 4.78 is 17.8. The molecule has 0 spiro atoms. The quantitative estimate of drug-likeness (QED) is 0.402. The summed E-state index contributed by atoms with van der Waals surface area (Å²) in [7, 11) is -4.60. The van der Waals surface area contributed by atoms with Crippen LogP contribution in [0.4, 0.5) is 0 Å². The second-order valence-corrected chi connectivity index (χ2v) is 7.73. The number of fused-ring (bicyclic) bond motifs is 1. The summed E-state index contributed by atoms with van der Waals surface area (Å²) in [5.41, 5.74) is 0.803. The Morgan fingerprint density at radius 1 is 1.27 bits per heavy atom. The predicted octanol–water partition coefficient (Wildman–Crippen LogP) is 2.63. The van der Waals surface area contributed by atoms with E-state index in [1.54, 1.807) is 36.6 Å². The molecule has 0 saturated heterocycles. The summed E-state index contributed by atoms with van der Waals surface area (Å²) in [5.74, 6) is 0.141. The van der Waals surface area contributed by atoms with Gasteiger partial charge in [0.1, 0.15) is 5.69 Å². The highest BCUT2D eigenvalue weighted by Crippen LogP contribution is 2.42. The normalized spacial score (nSPS) is 12.0. The average molecular weight is 390 g/mol. The molecule has 11 heteroatoms. The van der Waals surface area contributed by atoms with Gasteiger partial charge in [0.05, 0.1) is 11.1 Å². The Labute approximate surface area is 150 Å². The molecule has 0 amide bonds. The van der Waals surface area contributed by atoms with Gasteiger partial charge in [-0.3, -0.25) is 9.13 Å². The minimum atomic E-state index is -4.60. The van der Waals surface area contributed by atoms with Crippen molar-refractivity contribution in [2.75, 3.05) is 0 Å². The summed E-state index contributed by atoms with van der Waals surface area (Å²) >= 11 is 1.09. The van der Waals surface area contributed by atoms with Gasteiger partial charge in [0, 0.05) is 23.9 Å². The molecular formula is C15H11N4O5PS. The van der Waals surface area contributed by atoms with Gasteiger partial charge in [-0.15, -0.1) is 21.5 Å². The number of carbonyl (C=O) groups excluding carboxylic acids is 1. The van der Waals surface area contributed by atoms with Crippen molar-refractivity contribution in [2.45, 2.75) is 6.92 Å². The second-order valence-electron chi connectivity index (χ2n) is 5.41. The van der Waals surface area contributed by atoms with Gasteiger partial charge in [-0.25, -0.2) is 9.55 Å². The molecule has 1 aromatic carbocycles. The Morgan fingerprint density at radius 3 is 2.73 bits per heavy atom. The lowest BCUT2D eigenvalue weighted by Crippen LogP contribution is -2.00. The van der Waals surface area contributed by atoms with E-state index in [1.807, 2.05) is 0 Å². The lowest BCUT2D eigenvalue weighted by Gasteiger charge is -2.05. The lowest BCUT2D eigenvalue weighted by molar-refractivity contribution is 0.104. The Hall–Kier alpha value is -2.65. The molecule has 0 aliphatic carbocycles. The van der Waals surface area contributed by atoms with Gasteiger partial charge in [-0.1, -0.05) is 18.2 Å². The van der Waals surface area contributed by atoms with E-state index < -0.39 is 13.5 Å². The molecule has 9 nitrogen and oxygen atoms in total. The molecule has 3 heterocycles. The minimum Gasteiger partial charge on any atom is -0.420 e. The second kappa shape index (κ2) is 5.96. The first-order valence-corrected chi connectivity index (χ1v) is 9.76. The fraction of sp³-hybridized carbons (Fsp3) is 0.0667.